The smallest absolute Gasteiger partial charge is 0.221 e. The second-order valence-electron chi connectivity index (χ2n) is 11.7. The largest absolute Gasteiger partial charge is 0.493 e. The van der Waals surface area contributed by atoms with Crippen LogP contribution in [0.3, 0.4) is 0 Å². The van der Waals surface area contributed by atoms with Gasteiger partial charge in [-0.25, -0.2) is 0 Å². The molecule has 3 aromatic rings. The highest BCUT2D eigenvalue weighted by Crippen LogP contribution is 2.46. The summed E-state index contributed by atoms with van der Waals surface area (Å²) < 4.78 is 6.15. The minimum atomic E-state index is -1.07. The second kappa shape index (κ2) is 12.6. The van der Waals surface area contributed by atoms with Crippen LogP contribution in [0.1, 0.15) is 68.5 Å². The van der Waals surface area contributed by atoms with Crippen LogP contribution in [0, 0.1) is 0 Å². The van der Waals surface area contributed by atoms with E-state index < -0.39 is 6.35 Å². The van der Waals surface area contributed by atoms with Gasteiger partial charge in [-0.2, -0.15) is 0 Å². The van der Waals surface area contributed by atoms with Gasteiger partial charge < -0.3 is 20.1 Å². The van der Waals surface area contributed by atoms with Gasteiger partial charge in [0.05, 0.1) is 18.2 Å². The third kappa shape index (κ3) is 6.45. The van der Waals surface area contributed by atoms with E-state index in [1.165, 1.54) is 0 Å². The number of hydrogen-bond acceptors (Lipinski definition) is 6. The lowest BCUT2D eigenvalue weighted by molar-refractivity contribution is -0.121. The van der Waals surface area contributed by atoms with Crippen LogP contribution in [0.5, 0.6) is 5.75 Å². The quantitative estimate of drug-likeness (QED) is 0.328. The average Bonchev–Trinajstić information content (AvgIpc) is 3.21. The summed E-state index contributed by atoms with van der Waals surface area (Å²) in [5, 5.41) is 16.4. The molecule has 9 heteroatoms. The predicted molar refractivity (Wildman–Crippen MR) is 168 cm³/mol. The van der Waals surface area contributed by atoms with Crippen LogP contribution >= 0.6 is 23.2 Å². The number of aliphatic hydroxyl groups is 1. The number of benzene rings is 3. The molecule has 42 heavy (non-hydrogen) atoms. The molecule has 2 aliphatic heterocycles. The Morgan fingerprint density at radius 2 is 1.64 bits per heavy atom. The van der Waals surface area contributed by atoms with Crippen molar-refractivity contribution in [3.05, 3.63) is 99.0 Å². The lowest BCUT2D eigenvalue weighted by Crippen LogP contribution is -2.52. The van der Waals surface area contributed by atoms with Gasteiger partial charge in [0, 0.05) is 36.1 Å². The normalized spacial score (nSPS) is 20.6. The summed E-state index contributed by atoms with van der Waals surface area (Å²) >= 11 is 12.6. The molecule has 0 aliphatic carbocycles. The Kier molecular flexibility index (Phi) is 9.14. The Bertz CT molecular complexity index is 1440. The van der Waals surface area contributed by atoms with Crippen LogP contribution in [0.25, 0.3) is 0 Å². The molecule has 0 radical (unpaired) electrons. The summed E-state index contributed by atoms with van der Waals surface area (Å²) in [5.41, 5.74) is 3.73. The molecule has 3 aromatic carbocycles. The molecule has 1 unspecified atom stereocenters. The van der Waals surface area contributed by atoms with Crippen molar-refractivity contribution in [2.24, 2.45) is 4.99 Å². The number of aliphatic hydroxyl groups excluding tert-OH is 1. The zero-order chi connectivity index (χ0) is 30.0. The molecule has 0 aromatic heterocycles. The second-order valence-corrected chi connectivity index (χ2v) is 12.6. The maximum absolute atomic E-state index is 12.2. The van der Waals surface area contributed by atoms with Crippen molar-refractivity contribution >= 4 is 34.9 Å². The number of amidine groups is 1. The van der Waals surface area contributed by atoms with Crippen molar-refractivity contribution in [3.8, 4) is 5.75 Å². The first kappa shape index (κ1) is 30.4. The number of nitrogens with one attached hydrogen (secondary N) is 1. The van der Waals surface area contributed by atoms with Crippen LogP contribution in [0.4, 0.5) is 0 Å². The minimum absolute atomic E-state index is 0.0233. The Labute approximate surface area is 258 Å². The third-order valence-electron chi connectivity index (χ3n) is 7.84. The first-order valence-corrected chi connectivity index (χ1v) is 15.2. The molecule has 5 rings (SSSR count). The molecular weight excluding hydrogens is 571 g/mol. The molecule has 3 atom stereocenters. The molecule has 0 bridgehead atoms. The van der Waals surface area contributed by atoms with Crippen molar-refractivity contribution in [1.82, 2.24) is 15.1 Å². The monoisotopic (exact) mass is 608 g/mol. The van der Waals surface area contributed by atoms with Crippen LogP contribution < -0.4 is 10.1 Å². The molecule has 1 saturated heterocycles. The molecule has 222 valence electrons. The summed E-state index contributed by atoms with van der Waals surface area (Å²) in [6.45, 7) is 10.3. The zero-order valence-electron chi connectivity index (χ0n) is 24.5. The number of ether oxygens (including phenoxy) is 1. The van der Waals surface area contributed by atoms with Gasteiger partial charge in [-0.3, -0.25) is 14.7 Å². The van der Waals surface area contributed by atoms with E-state index in [4.69, 9.17) is 32.9 Å². The number of hydrogen-bond donors (Lipinski definition) is 2. The van der Waals surface area contributed by atoms with Gasteiger partial charge in [-0.1, -0.05) is 74.3 Å². The average molecular weight is 610 g/mol. The van der Waals surface area contributed by atoms with E-state index >= 15 is 0 Å². The summed E-state index contributed by atoms with van der Waals surface area (Å²) in [7, 11) is 0. The topological polar surface area (TPSA) is 77.4 Å². The van der Waals surface area contributed by atoms with Crippen molar-refractivity contribution in [1.29, 1.82) is 0 Å². The lowest BCUT2D eigenvalue weighted by Gasteiger charge is -2.40. The number of nitrogens with zero attached hydrogens (tertiary/aromatic N) is 3. The summed E-state index contributed by atoms with van der Waals surface area (Å²) in [4.78, 5) is 21.4. The Hall–Kier alpha value is -3.10. The van der Waals surface area contributed by atoms with Gasteiger partial charge in [0.1, 0.15) is 17.6 Å². The lowest BCUT2D eigenvalue weighted by atomic mass is 9.86. The molecule has 1 amide bonds. The van der Waals surface area contributed by atoms with Gasteiger partial charge in [-0.05, 0) is 65.4 Å². The van der Waals surface area contributed by atoms with Crippen molar-refractivity contribution in [3.63, 3.8) is 0 Å². The molecular formula is C33H38Cl2N4O3. The molecule has 2 heterocycles. The van der Waals surface area contributed by atoms with Crippen LogP contribution in [0.15, 0.2) is 71.7 Å². The van der Waals surface area contributed by atoms with Gasteiger partial charge in [-0.15, -0.1) is 0 Å². The van der Waals surface area contributed by atoms with E-state index in [0.29, 0.717) is 54.3 Å². The highest BCUT2D eigenvalue weighted by atomic mass is 35.5. The van der Waals surface area contributed by atoms with Crippen molar-refractivity contribution < 1.29 is 14.6 Å². The Balaban J connectivity index is 1.72. The fourth-order valence-corrected chi connectivity index (χ4v) is 5.83. The van der Waals surface area contributed by atoms with Crippen molar-refractivity contribution in [2.75, 3.05) is 26.2 Å². The van der Waals surface area contributed by atoms with E-state index in [9.17, 15) is 9.90 Å². The van der Waals surface area contributed by atoms with E-state index in [1.54, 1.807) is 0 Å². The molecule has 7 nitrogen and oxygen atoms in total. The van der Waals surface area contributed by atoms with Crippen LogP contribution in [0.2, 0.25) is 10.0 Å². The molecule has 0 saturated carbocycles. The standard InChI is InChI=1S/C33H38Cl2N4O3/c1-5-42-27-15-10-23(33(2,3)4)20-26(27)31-37-29(21-6-11-24(34)12-7-21)30(22-8-13-25(35)14-9-22)39(31)32(41)38-18-16-28(40)36-17-19-38/h6-15,20,29-30,32,41H,5,16-19H2,1-4H3,(H,36,40)/t29-,30+,32?/m0/s1. The van der Waals surface area contributed by atoms with Gasteiger partial charge in [0.15, 0.2) is 6.35 Å². The maximum atomic E-state index is 12.2. The first-order valence-electron chi connectivity index (χ1n) is 14.4. The predicted octanol–water partition coefficient (Wildman–Crippen LogP) is 6.33. The molecule has 1 fully saturated rings. The van der Waals surface area contributed by atoms with Gasteiger partial charge in [0.2, 0.25) is 5.91 Å². The minimum Gasteiger partial charge on any atom is -0.493 e. The summed E-state index contributed by atoms with van der Waals surface area (Å²) in [6.07, 6.45) is -0.768. The third-order valence-corrected chi connectivity index (χ3v) is 8.34. The maximum Gasteiger partial charge on any atom is 0.221 e. The molecule has 0 spiro atoms. The zero-order valence-corrected chi connectivity index (χ0v) is 26.0. The first-order chi connectivity index (χ1) is 20.1. The van der Waals surface area contributed by atoms with Crippen molar-refractivity contribution in [2.45, 2.75) is 58.0 Å². The Morgan fingerprint density at radius 3 is 2.26 bits per heavy atom. The highest BCUT2D eigenvalue weighted by Gasteiger charge is 2.44. The summed E-state index contributed by atoms with van der Waals surface area (Å²) in [5.74, 6) is 1.30. The van der Waals surface area contributed by atoms with E-state index in [2.05, 4.69) is 38.2 Å². The molecule has 2 aliphatic rings. The summed E-state index contributed by atoms with van der Waals surface area (Å²) in [6, 6.07) is 20.8. The Morgan fingerprint density at radius 1 is 1.00 bits per heavy atom. The highest BCUT2D eigenvalue weighted by molar-refractivity contribution is 6.30. The SMILES string of the molecule is CCOc1ccc(C(C)(C)C)cc1C1=N[C@@H](c2ccc(Cl)cc2)[C@@H](c2ccc(Cl)cc2)N1C(O)N1CCNC(=O)CC1. The van der Waals surface area contributed by atoms with Gasteiger partial charge >= 0.3 is 0 Å². The number of aliphatic imine (C=N–C) groups is 1. The van der Waals surface area contributed by atoms with Crippen LogP contribution in [-0.4, -0.2) is 59.2 Å². The number of halogens is 2. The number of carbonyl (C=O) groups excluding carboxylic acids is 1. The number of amides is 1. The fourth-order valence-electron chi connectivity index (χ4n) is 5.58. The van der Waals surface area contributed by atoms with E-state index in [0.717, 1.165) is 22.3 Å². The van der Waals surface area contributed by atoms with E-state index in [-0.39, 0.29) is 23.4 Å². The fraction of sp³-hybridized carbons (Fsp3) is 0.394. The number of carbonyl (C=O) groups is 1. The van der Waals surface area contributed by atoms with E-state index in [1.807, 2.05) is 71.3 Å². The molecule has 2 N–H and O–H groups in total. The van der Waals surface area contributed by atoms with Crippen LogP contribution in [-0.2, 0) is 10.2 Å². The van der Waals surface area contributed by atoms with Gasteiger partial charge in [0.25, 0.3) is 0 Å². The number of rotatable bonds is 7.